The Hall–Kier alpha value is -2.91. The minimum Gasteiger partial charge on any atom is -0.473 e. The monoisotopic (exact) mass is 479 g/mol. The zero-order valence-electron chi connectivity index (χ0n) is 16.8. The Bertz CT molecular complexity index is 1200. The number of halogens is 3. The molecule has 1 aromatic heterocycles. The van der Waals surface area contributed by atoms with Crippen molar-refractivity contribution in [3.8, 4) is 5.88 Å². The molecule has 32 heavy (non-hydrogen) atoms. The quantitative estimate of drug-likeness (QED) is 0.546. The first-order valence-corrected chi connectivity index (χ1v) is 11.8. The Labute approximate surface area is 189 Å². The molecule has 0 amide bonds. The van der Waals surface area contributed by atoms with Gasteiger partial charge in [-0.25, -0.2) is 22.2 Å². The van der Waals surface area contributed by atoms with Crippen LogP contribution in [-0.2, 0) is 10.0 Å². The lowest BCUT2D eigenvalue weighted by Gasteiger charge is -2.33. The van der Waals surface area contributed by atoms with E-state index >= 15 is 0 Å². The molecule has 0 unspecified atom stereocenters. The zero-order valence-corrected chi connectivity index (χ0v) is 18.4. The van der Waals surface area contributed by atoms with Gasteiger partial charge in [0.15, 0.2) is 0 Å². The highest BCUT2D eigenvalue weighted by Crippen LogP contribution is 2.29. The maximum atomic E-state index is 13.9. The lowest BCUT2D eigenvalue weighted by Crippen LogP contribution is -2.38. The highest BCUT2D eigenvalue weighted by atomic mass is 35.5. The van der Waals surface area contributed by atoms with Crippen molar-refractivity contribution in [3.63, 3.8) is 0 Å². The van der Waals surface area contributed by atoms with E-state index in [0.29, 0.717) is 6.07 Å². The van der Waals surface area contributed by atoms with Gasteiger partial charge in [0, 0.05) is 37.7 Å². The number of sulfonamides is 1. The SMILES string of the molecule is O=S(=O)(Nc1cnc(OC2CCN(c3ccccc3)CC2)c(Cl)c1)c1ccc(F)cc1F. The van der Waals surface area contributed by atoms with Gasteiger partial charge in [-0.3, -0.25) is 4.72 Å². The van der Waals surface area contributed by atoms with Crippen LogP contribution in [0.25, 0.3) is 0 Å². The topological polar surface area (TPSA) is 71.5 Å². The van der Waals surface area contributed by atoms with Crippen molar-refractivity contribution in [1.82, 2.24) is 4.98 Å². The molecule has 168 valence electrons. The van der Waals surface area contributed by atoms with Crippen molar-refractivity contribution in [1.29, 1.82) is 0 Å². The second kappa shape index (κ2) is 9.30. The summed E-state index contributed by atoms with van der Waals surface area (Å²) >= 11 is 6.24. The Morgan fingerprint density at radius 2 is 1.78 bits per heavy atom. The standard InChI is InChI=1S/C22H20ClF2N3O3S/c23-19-13-16(27-32(29,30)21-7-6-15(24)12-20(21)25)14-26-22(19)31-18-8-10-28(11-9-18)17-4-2-1-3-5-17/h1-7,12-14,18,27H,8-11H2. The largest absolute Gasteiger partial charge is 0.473 e. The number of rotatable bonds is 6. The van der Waals surface area contributed by atoms with Crippen LogP contribution in [0.1, 0.15) is 12.8 Å². The molecular formula is C22H20ClF2N3O3S. The van der Waals surface area contributed by atoms with Crippen molar-refractivity contribution in [2.24, 2.45) is 0 Å². The molecule has 0 atom stereocenters. The van der Waals surface area contributed by atoms with Crippen LogP contribution in [0.5, 0.6) is 5.88 Å². The van der Waals surface area contributed by atoms with Gasteiger partial charge >= 0.3 is 0 Å². The predicted molar refractivity (Wildman–Crippen MR) is 119 cm³/mol. The number of hydrogen-bond donors (Lipinski definition) is 1. The number of benzene rings is 2. The molecule has 1 saturated heterocycles. The number of anilines is 2. The van der Waals surface area contributed by atoms with Crippen LogP contribution >= 0.6 is 11.6 Å². The van der Waals surface area contributed by atoms with Crippen LogP contribution in [0.2, 0.25) is 5.02 Å². The van der Waals surface area contributed by atoms with Gasteiger partial charge in [0.05, 0.1) is 11.9 Å². The van der Waals surface area contributed by atoms with Crippen LogP contribution < -0.4 is 14.4 Å². The number of nitrogens with zero attached hydrogens (tertiary/aromatic N) is 2. The summed E-state index contributed by atoms with van der Waals surface area (Å²) in [5.74, 6) is -1.87. The van der Waals surface area contributed by atoms with E-state index in [4.69, 9.17) is 16.3 Å². The third-order valence-corrected chi connectivity index (χ3v) is 6.77. The van der Waals surface area contributed by atoms with Gasteiger partial charge in [0.2, 0.25) is 5.88 Å². The smallest absolute Gasteiger partial charge is 0.264 e. The van der Waals surface area contributed by atoms with E-state index in [1.807, 2.05) is 18.2 Å². The fraction of sp³-hybridized carbons (Fsp3) is 0.227. The molecule has 0 aliphatic carbocycles. The molecule has 0 bridgehead atoms. The van der Waals surface area contributed by atoms with Crippen LogP contribution in [0.4, 0.5) is 20.2 Å². The minimum absolute atomic E-state index is 0.0324. The van der Waals surface area contributed by atoms with Crippen LogP contribution in [-0.4, -0.2) is 32.6 Å². The number of ether oxygens (including phenoxy) is 1. The average Bonchev–Trinajstić information content (AvgIpc) is 2.76. The lowest BCUT2D eigenvalue weighted by molar-refractivity contribution is 0.164. The normalized spacial score (nSPS) is 14.9. The molecule has 0 spiro atoms. The van der Waals surface area contributed by atoms with E-state index in [9.17, 15) is 17.2 Å². The van der Waals surface area contributed by atoms with Gasteiger partial charge in [0.1, 0.15) is 27.7 Å². The fourth-order valence-corrected chi connectivity index (χ4v) is 4.81. The van der Waals surface area contributed by atoms with Gasteiger partial charge in [-0.2, -0.15) is 0 Å². The highest BCUT2D eigenvalue weighted by Gasteiger charge is 2.23. The van der Waals surface area contributed by atoms with Gasteiger partial charge in [-0.1, -0.05) is 29.8 Å². The molecular weight excluding hydrogens is 460 g/mol. The Kier molecular flexibility index (Phi) is 6.48. The Morgan fingerprint density at radius 1 is 1.06 bits per heavy atom. The molecule has 2 heterocycles. The summed E-state index contributed by atoms with van der Waals surface area (Å²) in [6, 6.07) is 13.7. The average molecular weight is 480 g/mol. The van der Waals surface area contributed by atoms with Crippen molar-refractivity contribution in [2.75, 3.05) is 22.7 Å². The number of hydrogen-bond acceptors (Lipinski definition) is 5. The van der Waals surface area contributed by atoms with Crippen molar-refractivity contribution < 1.29 is 21.9 Å². The maximum absolute atomic E-state index is 13.9. The van der Waals surface area contributed by atoms with Crippen LogP contribution in [0.15, 0.2) is 65.7 Å². The number of pyridine rings is 1. The molecule has 0 saturated carbocycles. The first kappa shape index (κ1) is 22.3. The fourth-order valence-electron chi connectivity index (χ4n) is 3.50. The number of piperidine rings is 1. The molecule has 0 radical (unpaired) electrons. The van der Waals surface area contributed by atoms with Crippen molar-refractivity contribution in [2.45, 2.75) is 23.8 Å². The van der Waals surface area contributed by atoms with Crippen LogP contribution in [0, 0.1) is 11.6 Å². The van der Waals surface area contributed by atoms with Gasteiger partial charge < -0.3 is 9.64 Å². The maximum Gasteiger partial charge on any atom is 0.264 e. The number of para-hydroxylation sites is 1. The van der Waals surface area contributed by atoms with Gasteiger partial charge in [-0.15, -0.1) is 0 Å². The highest BCUT2D eigenvalue weighted by molar-refractivity contribution is 7.92. The second-order valence-corrected chi connectivity index (χ2v) is 9.39. The van der Waals surface area contributed by atoms with E-state index in [1.54, 1.807) is 0 Å². The van der Waals surface area contributed by atoms with E-state index in [0.717, 1.165) is 43.8 Å². The van der Waals surface area contributed by atoms with E-state index in [-0.39, 0.29) is 22.7 Å². The Balaban J connectivity index is 1.39. The third-order valence-electron chi connectivity index (χ3n) is 5.08. The summed E-state index contributed by atoms with van der Waals surface area (Å²) < 4.78 is 59.9. The number of aromatic nitrogens is 1. The molecule has 1 aliphatic heterocycles. The second-order valence-electron chi connectivity index (χ2n) is 7.33. The molecule has 1 aliphatic rings. The molecule has 4 rings (SSSR count). The van der Waals surface area contributed by atoms with Crippen molar-refractivity contribution in [3.05, 3.63) is 77.5 Å². The van der Waals surface area contributed by atoms with Crippen LogP contribution in [0.3, 0.4) is 0 Å². The van der Waals surface area contributed by atoms with E-state index in [1.165, 1.54) is 12.3 Å². The molecule has 2 aromatic carbocycles. The summed E-state index contributed by atoms with van der Waals surface area (Å²) in [6.45, 7) is 1.65. The first-order valence-electron chi connectivity index (χ1n) is 9.92. The van der Waals surface area contributed by atoms with Gasteiger partial charge in [-0.05, 0) is 30.3 Å². The summed E-state index contributed by atoms with van der Waals surface area (Å²) in [5, 5.41) is 0.121. The summed E-state index contributed by atoms with van der Waals surface area (Å²) in [4.78, 5) is 5.71. The first-order chi connectivity index (χ1) is 15.3. The summed E-state index contributed by atoms with van der Waals surface area (Å²) in [5.41, 5.74) is 1.20. The summed E-state index contributed by atoms with van der Waals surface area (Å²) in [7, 11) is -4.29. The zero-order chi connectivity index (χ0) is 22.7. The van der Waals surface area contributed by atoms with E-state index < -0.39 is 26.6 Å². The summed E-state index contributed by atoms with van der Waals surface area (Å²) in [6.07, 6.45) is 2.73. The minimum atomic E-state index is -4.29. The van der Waals surface area contributed by atoms with Gasteiger partial charge in [0.25, 0.3) is 10.0 Å². The molecule has 1 N–H and O–H groups in total. The van der Waals surface area contributed by atoms with Crippen molar-refractivity contribution >= 4 is 33.0 Å². The molecule has 1 fully saturated rings. The number of nitrogens with one attached hydrogen (secondary N) is 1. The molecule has 6 nitrogen and oxygen atoms in total. The Morgan fingerprint density at radius 3 is 2.44 bits per heavy atom. The predicted octanol–water partition coefficient (Wildman–Crippen LogP) is 4.86. The molecule has 3 aromatic rings. The van der Waals surface area contributed by atoms with E-state index in [2.05, 4.69) is 26.7 Å². The lowest BCUT2D eigenvalue weighted by atomic mass is 10.1. The molecule has 10 heteroatoms. The third kappa shape index (κ3) is 5.11.